The molecule has 0 saturated carbocycles. The Bertz CT molecular complexity index is 608. The number of para-hydroxylation sites is 1. The van der Waals surface area contributed by atoms with Gasteiger partial charge in [0, 0.05) is 22.6 Å². The smallest absolute Gasteiger partial charge is 0.255 e. The van der Waals surface area contributed by atoms with E-state index < -0.39 is 6.10 Å². The first-order chi connectivity index (χ1) is 10.1. The highest BCUT2D eigenvalue weighted by Gasteiger charge is 2.11. The van der Waals surface area contributed by atoms with Crippen molar-refractivity contribution in [3.05, 3.63) is 65.2 Å². The zero-order valence-electron chi connectivity index (χ0n) is 12.2. The van der Waals surface area contributed by atoms with Crippen molar-refractivity contribution in [2.75, 3.05) is 11.6 Å². The van der Waals surface area contributed by atoms with Gasteiger partial charge in [-0.1, -0.05) is 30.3 Å². The molecular formula is C17H19NO2S. The van der Waals surface area contributed by atoms with Crippen molar-refractivity contribution < 1.29 is 9.90 Å². The van der Waals surface area contributed by atoms with Gasteiger partial charge in [-0.3, -0.25) is 4.79 Å². The fourth-order valence-corrected chi connectivity index (χ4v) is 2.61. The summed E-state index contributed by atoms with van der Waals surface area (Å²) in [4.78, 5) is 12.3. The average Bonchev–Trinajstić information content (AvgIpc) is 2.48. The summed E-state index contributed by atoms with van der Waals surface area (Å²) in [6, 6.07) is 14.9. The molecule has 0 radical (unpaired) electrons. The lowest BCUT2D eigenvalue weighted by Gasteiger charge is -2.13. The van der Waals surface area contributed by atoms with Crippen LogP contribution in [-0.2, 0) is 5.75 Å². The molecule has 110 valence electrons. The van der Waals surface area contributed by atoms with Crippen LogP contribution in [0.15, 0.2) is 48.5 Å². The van der Waals surface area contributed by atoms with E-state index in [-0.39, 0.29) is 5.91 Å². The number of nitrogens with one attached hydrogen (secondary N) is 1. The van der Waals surface area contributed by atoms with Gasteiger partial charge in [0.1, 0.15) is 0 Å². The number of hydrogen-bond donors (Lipinski definition) is 2. The molecule has 1 atom stereocenters. The molecule has 0 aromatic heterocycles. The largest absolute Gasteiger partial charge is 0.389 e. The number of rotatable bonds is 5. The minimum absolute atomic E-state index is 0.168. The molecule has 0 aliphatic rings. The maximum atomic E-state index is 12.3. The van der Waals surface area contributed by atoms with Crippen LogP contribution in [0, 0.1) is 0 Å². The number of thioether (sulfide) groups is 1. The topological polar surface area (TPSA) is 49.3 Å². The third-order valence-electron chi connectivity index (χ3n) is 3.19. The van der Waals surface area contributed by atoms with Crippen LogP contribution in [-0.4, -0.2) is 17.3 Å². The molecule has 1 amide bonds. The maximum absolute atomic E-state index is 12.3. The highest BCUT2D eigenvalue weighted by atomic mass is 32.2. The van der Waals surface area contributed by atoms with Crippen LogP contribution >= 0.6 is 11.8 Å². The first-order valence-corrected chi connectivity index (χ1v) is 8.17. The summed E-state index contributed by atoms with van der Waals surface area (Å²) in [5.74, 6) is 0.769. The lowest BCUT2D eigenvalue weighted by atomic mass is 10.1. The fourth-order valence-electron chi connectivity index (χ4n) is 2.09. The lowest BCUT2D eigenvalue weighted by Crippen LogP contribution is -2.13. The number of amides is 1. The van der Waals surface area contributed by atoms with Gasteiger partial charge in [-0.2, -0.15) is 11.8 Å². The number of carbonyl (C=O) groups excluding carboxylic acids is 1. The summed E-state index contributed by atoms with van der Waals surface area (Å²) in [7, 11) is 0. The summed E-state index contributed by atoms with van der Waals surface area (Å²) in [5.41, 5.74) is 3.17. The molecule has 2 aromatic carbocycles. The summed E-state index contributed by atoms with van der Waals surface area (Å²) in [6.07, 6.45) is 1.43. The van der Waals surface area contributed by atoms with Crippen molar-refractivity contribution in [2.24, 2.45) is 0 Å². The van der Waals surface area contributed by atoms with Crippen LogP contribution in [0.3, 0.4) is 0 Å². The van der Waals surface area contributed by atoms with E-state index in [2.05, 4.69) is 5.32 Å². The monoisotopic (exact) mass is 301 g/mol. The van der Waals surface area contributed by atoms with Crippen LogP contribution < -0.4 is 5.32 Å². The van der Waals surface area contributed by atoms with E-state index in [4.69, 9.17) is 0 Å². The number of benzene rings is 2. The van der Waals surface area contributed by atoms with Crippen molar-refractivity contribution in [1.82, 2.24) is 0 Å². The minimum Gasteiger partial charge on any atom is -0.389 e. The lowest BCUT2D eigenvalue weighted by molar-refractivity contribution is 0.102. The molecule has 0 spiro atoms. The van der Waals surface area contributed by atoms with E-state index in [1.165, 1.54) is 5.56 Å². The van der Waals surface area contributed by atoms with Crippen molar-refractivity contribution in [1.29, 1.82) is 0 Å². The Labute approximate surface area is 129 Å². The average molecular weight is 301 g/mol. The quantitative estimate of drug-likeness (QED) is 0.881. The van der Waals surface area contributed by atoms with E-state index >= 15 is 0 Å². The fraction of sp³-hybridized carbons (Fsp3) is 0.235. The van der Waals surface area contributed by atoms with Gasteiger partial charge in [-0.05, 0) is 36.9 Å². The third kappa shape index (κ3) is 4.09. The van der Waals surface area contributed by atoms with E-state index in [0.717, 1.165) is 5.75 Å². The van der Waals surface area contributed by atoms with Gasteiger partial charge in [0.15, 0.2) is 0 Å². The normalized spacial score (nSPS) is 12.0. The Morgan fingerprint density at radius 3 is 2.48 bits per heavy atom. The van der Waals surface area contributed by atoms with Crippen molar-refractivity contribution in [3.63, 3.8) is 0 Å². The number of anilines is 1. The Morgan fingerprint density at radius 1 is 1.19 bits per heavy atom. The van der Waals surface area contributed by atoms with Crippen molar-refractivity contribution >= 4 is 23.4 Å². The highest BCUT2D eigenvalue weighted by Crippen LogP contribution is 2.23. The van der Waals surface area contributed by atoms with E-state index in [0.29, 0.717) is 16.8 Å². The van der Waals surface area contributed by atoms with E-state index in [1.54, 1.807) is 24.8 Å². The van der Waals surface area contributed by atoms with Crippen LogP contribution in [0.25, 0.3) is 0 Å². The van der Waals surface area contributed by atoms with E-state index in [1.807, 2.05) is 48.7 Å². The standard InChI is InChI=1S/C17H19NO2S/c1-12(19)15-5-3-4-6-16(15)18-17(20)14-9-7-13(8-10-14)11-21-2/h3-10,12,19H,11H2,1-2H3,(H,18,20). The van der Waals surface area contributed by atoms with Crippen molar-refractivity contribution in [3.8, 4) is 0 Å². The van der Waals surface area contributed by atoms with Crippen LogP contribution in [0.4, 0.5) is 5.69 Å². The zero-order chi connectivity index (χ0) is 15.2. The first kappa shape index (κ1) is 15.6. The number of aliphatic hydroxyl groups is 1. The molecule has 2 N–H and O–H groups in total. The zero-order valence-corrected chi connectivity index (χ0v) is 13.0. The Kier molecular flexibility index (Phi) is 5.42. The molecule has 2 rings (SSSR count). The predicted octanol–water partition coefficient (Wildman–Crippen LogP) is 3.86. The summed E-state index contributed by atoms with van der Waals surface area (Å²) >= 11 is 1.75. The number of aliphatic hydroxyl groups excluding tert-OH is 1. The van der Waals surface area contributed by atoms with E-state index in [9.17, 15) is 9.90 Å². The van der Waals surface area contributed by atoms with Gasteiger partial charge in [0.05, 0.1) is 6.10 Å². The second-order valence-electron chi connectivity index (χ2n) is 4.85. The SMILES string of the molecule is CSCc1ccc(C(=O)Nc2ccccc2C(C)O)cc1. The highest BCUT2D eigenvalue weighted by molar-refractivity contribution is 7.97. The third-order valence-corrected chi connectivity index (χ3v) is 3.81. The molecule has 0 bridgehead atoms. The second-order valence-corrected chi connectivity index (χ2v) is 5.71. The molecule has 4 heteroatoms. The van der Waals surface area contributed by atoms with Crippen LogP contribution in [0.5, 0.6) is 0 Å². The first-order valence-electron chi connectivity index (χ1n) is 6.78. The molecule has 0 aliphatic heterocycles. The summed E-state index contributed by atoms with van der Waals surface area (Å²) in [5, 5.41) is 12.6. The Morgan fingerprint density at radius 2 is 1.86 bits per heavy atom. The van der Waals surface area contributed by atoms with Gasteiger partial charge in [0.2, 0.25) is 0 Å². The molecule has 3 nitrogen and oxygen atoms in total. The Balaban J connectivity index is 2.14. The molecule has 0 saturated heterocycles. The minimum atomic E-state index is -0.620. The second kappa shape index (κ2) is 7.29. The molecule has 0 fully saturated rings. The van der Waals surface area contributed by atoms with Crippen molar-refractivity contribution in [2.45, 2.75) is 18.8 Å². The van der Waals surface area contributed by atoms with Crippen LogP contribution in [0.2, 0.25) is 0 Å². The number of carbonyl (C=O) groups is 1. The molecular weight excluding hydrogens is 282 g/mol. The molecule has 1 unspecified atom stereocenters. The number of hydrogen-bond acceptors (Lipinski definition) is 3. The van der Waals surface area contributed by atoms with Gasteiger partial charge in [-0.25, -0.2) is 0 Å². The van der Waals surface area contributed by atoms with Gasteiger partial charge in [0.25, 0.3) is 5.91 Å². The van der Waals surface area contributed by atoms with Gasteiger partial charge in [-0.15, -0.1) is 0 Å². The van der Waals surface area contributed by atoms with Gasteiger partial charge < -0.3 is 10.4 Å². The molecule has 0 heterocycles. The van der Waals surface area contributed by atoms with Gasteiger partial charge >= 0.3 is 0 Å². The maximum Gasteiger partial charge on any atom is 0.255 e. The summed E-state index contributed by atoms with van der Waals surface area (Å²) < 4.78 is 0. The predicted molar refractivity (Wildman–Crippen MR) is 88.7 cm³/mol. The molecule has 0 aliphatic carbocycles. The molecule has 21 heavy (non-hydrogen) atoms. The summed E-state index contributed by atoms with van der Waals surface area (Å²) in [6.45, 7) is 1.68. The molecule has 2 aromatic rings. The Hall–Kier alpha value is -1.78. The van der Waals surface area contributed by atoms with Crippen LogP contribution in [0.1, 0.15) is 34.5 Å².